The molecule has 0 saturated carbocycles. The van der Waals surface area contributed by atoms with Crippen LogP contribution in [-0.2, 0) is 14.3 Å². The highest BCUT2D eigenvalue weighted by Crippen LogP contribution is 2.07. The first-order chi connectivity index (χ1) is 5.58. The van der Waals surface area contributed by atoms with E-state index in [9.17, 15) is 8.42 Å². The van der Waals surface area contributed by atoms with Crippen molar-refractivity contribution in [1.82, 2.24) is 0 Å². The third-order valence-electron chi connectivity index (χ3n) is 1.03. The molecule has 0 unspecified atom stereocenters. The molecule has 0 N–H and O–H groups in total. The highest BCUT2D eigenvalue weighted by molar-refractivity contribution is 7.86. The molecule has 1 rings (SSSR count). The largest absolute Gasteiger partial charge is 0.391 e. The quantitative estimate of drug-likeness (QED) is 0.556. The van der Waals surface area contributed by atoms with Gasteiger partial charge in [0.1, 0.15) is 6.26 Å². The molecule has 12 heavy (non-hydrogen) atoms. The lowest BCUT2D eigenvalue weighted by Gasteiger charge is -1.92. The van der Waals surface area contributed by atoms with Gasteiger partial charge >= 0.3 is 10.1 Å². The van der Waals surface area contributed by atoms with E-state index in [-0.39, 0.29) is 0 Å². The van der Waals surface area contributed by atoms with Crippen LogP contribution in [-0.4, -0.2) is 14.7 Å². The van der Waals surface area contributed by atoms with Gasteiger partial charge in [-0.05, 0) is 28.5 Å². The van der Waals surface area contributed by atoms with Crippen molar-refractivity contribution in [1.29, 1.82) is 0 Å². The molecule has 5 heteroatoms. The van der Waals surface area contributed by atoms with Gasteiger partial charge in [0.15, 0.2) is 0 Å². The van der Waals surface area contributed by atoms with Crippen LogP contribution >= 0.6 is 11.3 Å². The Bertz CT molecular complexity index is 348. The first kappa shape index (κ1) is 9.28. The zero-order chi connectivity index (χ0) is 9.03. The first-order valence-electron chi connectivity index (χ1n) is 3.15. The molecule has 0 aromatic carbocycles. The topological polar surface area (TPSA) is 43.4 Å². The molecule has 1 aromatic rings. The van der Waals surface area contributed by atoms with Crippen LogP contribution in [0, 0.1) is 0 Å². The van der Waals surface area contributed by atoms with Crippen LogP contribution in [0.15, 0.2) is 23.1 Å². The lowest BCUT2D eigenvalue weighted by molar-refractivity contribution is 0.452. The smallest absolute Gasteiger partial charge is 0.305 e. The van der Waals surface area contributed by atoms with Crippen molar-refractivity contribution in [3.8, 4) is 0 Å². The number of hydrogen-bond donors (Lipinski definition) is 0. The van der Waals surface area contributed by atoms with Crippen molar-refractivity contribution in [3.05, 3.63) is 28.7 Å². The minimum Gasteiger partial charge on any atom is -0.391 e. The van der Waals surface area contributed by atoms with E-state index in [1.807, 2.05) is 16.8 Å². The maximum atomic E-state index is 10.5. The third-order valence-corrected chi connectivity index (χ3v) is 2.20. The minimum absolute atomic E-state index is 0.934. The van der Waals surface area contributed by atoms with E-state index in [0.29, 0.717) is 0 Å². The highest BCUT2D eigenvalue weighted by Gasteiger charge is 1.95. The SMILES string of the molecule is CS(=O)(=O)O/C=C/c1ccsc1. The molecular weight excluding hydrogens is 196 g/mol. The van der Waals surface area contributed by atoms with Crippen LogP contribution in [0.4, 0.5) is 0 Å². The predicted molar refractivity (Wildman–Crippen MR) is 49.3 cm³/mol. The molecule has 66 valence electrons. The van der Waals surface area contributed by atoms with E-state index >= 15 is 0 Å². The van der Waals surface area contributed by atoms with E-state index in [0.717, 1.165) is 18.1 Å². The summed E-state index contributed by atoms with van der Waals surface area (Å²) in [7, 11) is -3.36. The van der Waals surface area contributed by atoms with E-state index in [1.54, 1.807) is 17.4 Å². The summed E-state index contributed by atoms with van der Waals surface area (Å²) < 4.78 is 25.4. The molecule has 1 heterocycles. The van der Waals surface area contributed by atoms with Gasteiger partial charge in [0.2, 0.25) is 0 Å². The first-order valence-corrected chi connectivity index (χ1v) is 5.91. The summed E-state index contributed by atoms with van der Waals surface area (Å²) in [4.78, 5) is 0. The van der Waals surface area contributed by atoms with Crippen molar-refractivity contribution in [2.24, 2.45) is 0 Å². The van der Waals surface area contributed by atoms with Crippen LogP contribution in [0.1, 0.15) is 5.56 Å². The van der Waals surface area contributed by atoms with E-state index < -0.39 is 10.1 Å². The second-order valence-corrected chi connectivity index (χ2v) is 4.54. The monoisotopic (exact) mass is 204 g/mol. The standard InChI is InChI=1S/C7H8O3S2/c1-12(8,9)10-4-2-7-3-5-11-6-7/h2-6H,1H3/b4-2+. The lowest BCUT2D eigenvalue weighted by atomic mass is 10.3. The fourth-order valence-electron chi connectivity index (χ4n) is 0.577. The Morgan fingerprint density at radius 1 is 1.58 bits per heavy atom. The van der Waals surface area contributed by atoms with Crippen LogP contribution in [0.5, 0.6) is 0 Å². The van der Waals surface area contributed by atoms with E-state index in [1.165, 1.54) is 0 Å². The Morgan fingerprint density at radius 2 is 2.33 bits per heavy atom. The van der Waals surface area contributed by atoms with Gasteiger partial charge in [-0.15, -0.1) is 0 Å². The molecule has 0 aliphatic carbocycles. The maximum absolute atomic E-state index is 10.5. The normalized spacial score (nSPS) is 12.1. The fraction of sp³-hybridized carbons (Fsp3) is 0.143. The number of rotatable bonds is 3. The molecule has 0 fully saturated rings. The predicted octanol–water partition coefficient (Wildman–Crippen LogP) is 1.70. The molecule has 0 bridgehead atoms. The summed E-state index contributed by atoms with van der Waals surface area (Å²) >= 11 is 1.54. The van der Waals surface area contributed by atoms with Gasteiger partial charge in [0.25, 0.3) is 0 Å². The van der Waals surface area contributed by atoms with Gasteiger partial charge in [-0.2, -0.15) is 19.8 Å². The molecule has 0 spiro atoms. The van der Waals surface area contributed by atoms with Gasteiger partial charge < -0.3 is 4.18 Å². The summed E-state index contributed by atoms with van der Waals surface area (Å²) in [6.07, 6.45) is 3.76. The van der Waals surface area contributed by atoms with Gasteiger partial charge in [-0.1, -0.05) is 0 Å². The molecule has 3 nitrogen and oxygen atoms in total. The Balaban J connectivity index is 2.54. The zero-order valence-corrected chi connectivity index (χ0v) is 8.06. The van der Waals surface area contributed by atoms with Gasteiger partial charge in [0.05, 0.1) is 6.26 Å². The van der Waals surface area contributed by atoms with Gasteiger partial charge in [-0.3, -0.25) is 0 Å². The summed E-state index contributed by atoms with van der Waals surface area (Å²) in [5, 5.41) is 3.79. The summed E-state index contributed by atoms with van der Waals surface area (Å²) in [5.74, 6) is 0. The maximum Gasteiger partial charge on any atom is 0.305 e. The minimum atomic E-state index is -3.36. The Kier molecular flexibility index (Phi) is 2.88. The second kappa shape index (κ2) is 3.73. The van der Waals surface area contributed by atoms with Crippen molar-refractivity contribution in [3.63, 3.8) is 0 Å². The van der Waals surface area contributed by atoms with Crippen LogP contribution in [0.2, 0.25) is 0 Å². The number of hydrogen-bond acceptors (Lipinski definition) is 4. The summed E-state index contributed by atoms with van der Waals surface area (Å²) in [5.41, 5.74) is 0.934. The van der Waals surface area contributed by atoms with E-state index in [2.05, 4.69) is 4.18 Å². The molecule has 0 aliphatic heterocycles. The van der Waals surface area contributed by atoms with Crippen LogP contribution in [0.25, 0.3) is 6.08 Å². The van der Waals surface area contributed by atoms with Gasteiger partial charge in [0, 0.05) is 0 Å². The Hall–Kier alpha value is -0.810. The van der Waals surface area contributed by atoms with Crippen molar-refractivity contribution < 1.29 is 12.6 Å². The summed E-state index contributed by atoms with van der Waals surface area (Å²) in [6.45, 7) is 0. The second-order valence-electron chi connectivity index (χ2n) is 2.16. The molecule has 0 saturated heterocycles. The zero-order valence-electron chi connectivity index (χ0n) is 6.43. The molecule has 0 aliphatic rings. The van der Waals surface area contributed by atoms with Crippen LogP contribution in [0.3, 0.4) is 0 Å². The Labute approximate surface area is 75.4 Å². The molecule has 0 amide bonds. The molecule has 0 radical (unpaired) electrons. The third kappa shape index (κ3) is 3.54. The Morgan fingerprint density at radius 3 is 2.83 bits per heavy atom. The van der Waals surface area contributed by atoms with Crippen molar-refractivity contribution in [2.45, 2.75) is 0 Å². The van der Waals surface area contributed by atoms with Crippen molar-refractivity contribution >= 4 is 27.5 Å². The molecule has 0 atom stereocenters. The van der Waals surface area contributed by atoms with Gasteiger partial charge in [-0.25, -0.2) is 0 Å². The van der Waals surface area contributed by atoms with Crippen LogP contribution < -0.4 is 0 Å². The lowest BCUT2D eigenvalue weighted by Crippen LogP contribution is -1.95. The van der Waals surface area contributed by atoms with Crippen molar-refractivity contribution in [2.75, 3.05) is 6.26 Å². The number of thiophene rings is 1. The molecular formula is C7H8O3S2. The average Bonchev–Trinajstić information content (AvgIpc) is 2.36. The average molecular weight is 204 g/mol. The molecule has 1 aromatic heterocycles. The highest BCUT2D eigenvalue weighted by atomic mass is 32.2. The summed E-state index contributed by atoms with van der Waals surface area (Å²) in [6, 6.07) is 1.87. The fourth-order valence-corrected chi connectivity index (χ4v) is 1.46. The van der Waals surface area contributed by atoms with E-state index in [4.69, 9.17) is 0 Å².